The van der Waals surface area contributed by atoms with Crippen molar-refractivity contribution in [3.8, 4) is 0 Å². The first-order chi connectivity index (χ1) is 9.58. The molecule has 3 rings (SSSR count). The monoisotopic (exact) mass is 311 g/mol. The smallest absolute Gasteiger partial charge is 0.266 e. The molecule has 0 aromatic carbocycles. The third-order valence-electron chi connectivity index (χ3n) is 2.98. The van der Waals surface area contributed by atoms with Crippen LogP contribution in [0.5, 0.6) is 0 Å². The Morgan fingerprint density at radius 1 is 1.25 bits per heavy atom. The largest absolute Gasteiger partial charge is 0.357 e. The van der Waals surface area contributed by atoms with Gasteiger partial charge in [0, 0.05) is 11.9 Å². The van der Waals surface area contributed by atoms with Gasteiger partial charge in [-0.3, -0.25) is 4.72 Å². The summed E-state index contributed by atoms with van der Waals surface area (Å²) in [5.74, 6) is 0.372. The Hall–Kier alpha value is -1.74. The van der Waals surface area contributed by atoms with Crippen molar-refractivity contribution < 1.29 is 8.42 Å². The van der Waals surface area contributed by atoms with E-state index in [-0.39, 0.29) is 4.90 Å². The first-order valence-corrected chi connectivity index (χ1v) is 8.39. The van der Waals surface area contributed by atoms with E-state index < -0.39 is 10.0 Å². The van der Waals surface area contributed by atoms with Crippen LogP contribution in [0, 0.1) is 0 Å². The summed E-state index contributed by atoms with van der Waals surface area (Å²) in [7, 11) is -2.02. The second-order valence-electron chi connectivity index (χ2n) is 4.34. The fraction of sp³-hybridized carbons (Fsp3) is 0.364. The molecule has 0 saturated heterocycles. The van der Waals surface area contributed by atoms with Crippen molar-refractivity contribution in [1.29, 1.82) is 0 Å². The molecule has 2 aromatic heterocycles. The molecule has 0 amide bonds. The highest BCUT2D eigenvalue weighted by Crippen LogP contribution is 2.31. The van der Waals surface area contributed by atoms with Crippen LogP contribution in [0.4, 0.5) is 11.1 Å². The molecular weight excluding hydrogens is 298 g/mol. The van der Waals surface area contributed by atoms with Gasteiger partial charge in [0.25, 0.3) is 10.0 Å². The van der Waals surface area contributed by atoms with Crippen LogP contribution in [0.2, 0.25) is 0 Å². The Kier molecular flexibility index (Phi) is 3.30. The number of anilines is 2. The predicted molar refractivity (Wildman–Crippen MR) is 76.5 cm³/mol. The van der Waals surface area contributed by atoms with Crippen LogP contribution >= 0.6 is 11.3 Å². The molecule has 2 aromatic rings. The van der Waals surface area contributed by atoms with Gasteiger partial charge < -0.3 is 5.32 Å². The van der Waals surface area contributed by atoms with Crippen LogP contribution in [0.15, 0.2) is 17.3 Å². The number of hydrogen-bond acceptors (Lipinski definition) is 7. The zero-order valence-electron chi connectivity index (χ0n) is 10.8. The van der Waals surface area contributed by atoms with Gasteiger partial charge in [0.15, 0.2) is 5.13 Å². The van der Waals surface area contributed by atoms with Gasteiger partial charge in [0.2, 0.25) is 5.95 Å². The summed E-state index contributed by atoms with van der Waals surface area (Å²) in [5, 5.41) is 3.14. The van der Waals surface area contributed by atoms with Crippen molar-refractivity contribution in [2.24, 2.45) is 0 Å². The zero-order valence-corrected chi connectivity index (χ0v) is 12.4. The summed E-state index contributed by atoms with van der Waals surface area (Å²) in [5.41, 5.74) is 1.01. The molecule has 2 heterocycles. The summed E-state index contributed by atoms with van der Waals surface area (Å²) in [6.07, 6.45) is 5.54. The van der Waals surface area contributed by atoms with Crippen LogP contribution in [0.3, 0.4) is 0 Å². The van der Waals surface area contributed by atoms with Crippen LogP contribution in [-0.2, 0) is 22.9 Å². The van der Waals surface area contributed by atoms with E-state index in [9.17, 15) is 8.42 Å². The number of rotatable bonds is 4. The minimum absolute atomic E-state index is 0.0202. The normalized spacial score (nSPS) is 14.1. The van der Waals surface area contributed by atoms with E-state index in [1.54, 1.807) is 7.05 Å². The summed E-state index contributed by atoms with van der Waals surface area (Å²) in [6.45, 7) is 0. The lowest BCUT2D eigenvalue weighted by Gasteiger charge is -2.05. The highest BCUT2D eigenvalue weighted by molar-refractivity contribution is 7.93. The van der Waals surface area contributed by atoms with Gasteiger partial charge in [-0.05, 0) is 19.3 Å². The molecule has 7 nitrogen and oxygen atoms in total. The first kappa shape index (κ1) is 13.3. The van der Waals surface area contributed by atoms with Gasteiger partial charge in [-0.1, -0.05) is 0 Å². The molecular formula is C11H13N5O2S2. The average molecular weight is 311 g/mol. The Morgan fingerprint density at radius 3 is 2.65 bits per heavy atom. The van der Waals surface area contributed by atoms with Gasteiger partial charge in [-0.15, -0.1) is 11.3 Å². The minimum atomic E-state index is -3.68. The van der Waals surface area contributed by atoms with Crippen molar-refractivity contribution in [3.05, 3.63) is 23.0 Å². The van der Waals surface area contributed by atoms with E-state index in [0.29, 0.717) is 11.1 Å². The van der Waals surface area contributed by atoms with E-state index >= 15 is 0 Å². The second-order valence-corrected chi connectivity index (χ2v) is 7.11. The topological polar surface area (TPSA) is 96.9 Å². The van der Waals surface area contributed by atoms with Crippen LogP contribution in [-0.4, -0.2) is 30.4 Å². The number of nitrogens with one attached hydrogen (secondary N) is 2. The molecule has 0 saturated carbocycles. The number of fused-ring (bicyclic) bond motifs is 1. The fourth-order valence-corrected chi connectivity index (χ4v) is 4.17. The fourth-order valence-electron chi connectivity index (χ4n) is 1.99. The number of nitrogens with zero attached hydrogens (tertiary/aromatic N) is 3. The zero-order chi connectivity index (χ0) is 14.2. The van der Waals surface area contributed by atoms with E-state index in [0.717, 1.165) is 25.0 Å². The highest BCUT2D eigenvalue weighted by atomic mass is 32.2. The number of aryl methyl sites for hydroxylation is 2. The van der Waals surface area contributed by atoms with Crippen molar-refractivity contribution in [2.45, 2.75) is 24.2 Å². The number of hydrogen-bond donors (Lipinski definition) is 2. The second kappa shape index (κ2) is 4.98. The van der Waals surface area contributed by atoms with Gasteiger partial charge in [0.1, 0.15) is 4.90 Å². The van der Waals surface area contributed by atoms with E-state index in [1.807, 2.05) is 0 Å². The summed E-state index contributed by atoms with van der Waals surface area (Å²) in [6, 6.07) is 0. The molecule has 9 heteroatoms. The Labute approximate surface area is 120 Å². The molecule has 2 N–H and O–H groups in total. The molecule has 0 radical (unpaired) electrons. The molecule has 0 unspecified atom stereocenters. The molecule has 1 aliphatic carbocycles. The van der Waals surface area contributed by atoms with E-state index in [4.69, 9.17) is 0 Å². The molecule has 0 spiro atoms. The Balaban J connectivity index is 1.83. The Bertz CT molecular complexity index is 702. The standard InChI is InChI=1S/C11H13N5O2S2/c1-12-10-13-5-7(6-14-10)20(17,18)16-11-15-8-3-2-4-9(8)19-11/h5-6H,2-4H2,1H3,(H,15,16)(H,12,13,14). The lowest BCUT2D eigenvalue weighted by atomic mass is 10.4. The molecule has 106 valence electrons. The van der Waals surface area contributed by atoms with Gasteiger partial charge in [-0.25, -0.2) is 23.4 Å². The number of thiazole rings is 1. The van der Waals surface area contributed by atoms with Crippen molar-refractivity contribution in [2.75, 3.05) is 17.1 Å². The van der Waals surface area contributed by atoms with Crippen molar-refractivity contribution in [3.63, 3.8) is 0 Å². The first-order valence-electron chi connectivity index (χ1n) is 6.10. The van der Waals surface area contributed by atoms with Gasteiger partial charge in [-0.2, -0.15) is 0 Å². The van der Waals surface area contributed by atoms with E-state index in [1.165, 1.54) is 28.6 Å². The van der Waals surface area contributed by atoms with Gasteiger partial charge >= 0.3 is 0 Å². The van der Waals surface area contributed by atoms with E-state index in [2.05, 4.69) is 25.0 Å². The SMILES string of the molecule is CNc1ncc(S(=O)(=O)Nc2nc3c(s2)CCC3)cn1. The molecule has 1 aliphatic rings. The third kappa shape index (κ3) is 2.46. The number of sulfonamides is 1. The maximum absolute atomic E-state index is 12.2. The van der Waals surface area contributed by atoms with Crippen LogP contribution < -0.4 is 10.0 Å². The lowest BCUT2D eigenvalue weighted by Crippen LogP contribution is -2.14. The summed E-state index contributed by atoms with van der Waals surface area (Å²) < 4.78 is 26.8. The van der Waals surface area contributed by atoms with Crippen molar-refractivity contribution >= 4 is 32.4 Å². The van der Waals surface area contributed by atoms with Crippen molar-refractivity contribution in [1.82, 2.24) is 15.0 Å². The molecule has 0 aliphatic heterocycles. The van der Waals surface area contributed by atoms with Gasteiger partial charge in [0.05, 0.1) is 18.1 Å². The summed E-state index contributed by atoms with van der Waals surface area (Å²) in [4.78, 5) is 13.3. The summed E-state index contributed by atoms with van der Waals surface area (Å²) >= 11 is 1.40. The lowest BCUT2D eigenvalue weighted by molar-refractivity contribution is 0.600. The number of aromatic nitrogens is 3. The molecule has 0 atom stereocenters. The highest BCUT2D eigenvalue weighted by Gasteiger charge is 2.21. The Morgan fingerprint density at radius 2 is 2.00 bits per heavy atom. The van der Waals surface area contributed by atoms with Crippen LogP contribution in [0.25, 0.3) is 0 Å². The predicted octanol–water partition coefficient (Wildman–Crippen LogP) is 1.26. The maximum atomic E-state index is 12.2. The average Bonchev–Trinajstić information content (AvgIpc) is 2.99. The third-order valence-corrected chi connectivity index (χ3v) is 5.47. The molecule has 0 fully saturated rings. The minimum Gasteiger partial charge on any atom is -0.357 e. The maximum Gasteiger partial charge on any atom is 0.266 e. The quantitative estimate of drug-likeness (QED) is 0.882. The molecule has 20 heavy (non-hydrogen) atoms. The molecule has 0 bridgehead atoms. The van der Waals surface area contributed by atoms with Crippen LogP contribution in [0.1, 0.15) is 17.0 Å².